The minimum atomic E-state index is -3.98. The minimum absolute atomic E-state index is 0.0294. The molecule has 0 saturated heterocycles. The first-order valence-corrected chi connectivity index (χ1v) is 7.09. The van der Waals surface area contributed by atoms with E-state index in [2.05, 4.69) is 14.7 Å². The van der Waals surface area contributed by atoms with Gasteiger partial charge in [0.25, 0.3) is 10.0 Å². The SMILES string of the molecule is O=C(O)c1ccc(S(=O)(=O)Nc2ncccc2Cl)nc1. The molecule has 0 unspecified atom stereocenters. The number of halogens is 1. The number of carboxylic acids is 1. The topological polar surface area (TPSA) is 109 Å². The number of aromatic nitrogens is 2. The van der Waals surface area contributed by atoms with E-state index >= 15 is 0 Å². The molecule has 2 aromatic heterocycles. The second-order valence-corrected chi connectivity index (χ2v) is 5.67. The number of hydrogen-bond donors (Lipinski definition) is 2. The van der Waals surface area contributed by atoms with Gasteiger partial charge in [0.05, 0.1) is 10.6 Å². The number of carbonyl (C=O) groups is 1. The summed E-state index contributed by atoms with van der Waals surface area (Å²) in [6, 6.07) is 5.26. The Hall–Kier alpha value is -2.19. The van der Waals surface area contributed by atoms with Gasteiger partial charge in [-0.1, -0.05) is 11.6 Å². The molecule has 0 saturated carbocycles. The molecule has 0 amide bonds. The molecular weight excluding hydrogens is 306 g/mol. The zero-order chi connectivity index (χ0) is 14.8. The molecule has 0 fully saturated rings. The number of rotatable bonds is 4. The molecule has 104 valence electrons. The van der Waals surface area contributed by atoms with Gasteiger partial charge in [-0.05, 0) is 24.3 Å². The summed E-state index contributed by atoms with van der Waals surface area (Å²) in [7, 11) is -3.98. The van der Waals surface area contributed by atoms with Gasteiger partial charge in [0, 0.05) is 12.4 Å². The molecule has 0 aliphatic carbocycles. The van der Waals surface area contributed by atoms with Crippen LogP contribution in [-0.2, 0) is 10.0 Å². The molecule has 0 atom stereocenters. The third kappa shape index (κ3) is 3.03. The molecule has 0 spiro atoms. The van der Waals surface area contributed by atoms with Gasteiger partial charge in [-0.15, -0.1) is 0 Å². The average molecular weight is 314 g/mol. The summed E-state index contributed by atoms with van der Waals surface area (Å²) in [6.07, 6.45) is 2.33. The Morgan fingerprint density at radius 2 is 2.00 bits per heavy atom. The summed E-state index contributed by atoms with van der Waals surface area (Å²) >= 11 is 5.80. The van der Waals surface area contributed by atoms with Crippen molar-refractivity contribution < 1.29 is 18.3 Å². The van der Waals surface area contributed by atoms with Gasteiger partial charge >= 0.3 is 5.97 Å². The molecule has 0 aliphatic heterocycles. The molecule has 2 rings (SSSR count). The molecule has 20 heavy (non-hydrogen) atoms. The van der Waals surface area contributed by atoms with E-state index in [1.54, 1.807) is 6.07 Å². The quantitative estimate of drug-likeness (QED) is 0.887. The van der Waals surface area contributed by atoms with Crippen molar-refractivity contribution >= 4 is 33.4 Å². The third-order valence-corrected chi connectivity index (χ3v) is 3.81. The van der Waals surface area contributed by atoms with Crippen LogP contribution < -0.4 is 4.72 Å². The van der Waals surface area contributed by atoms with Gasteiger partial charge < -0.3 is 5.11 Å². The van der Waals surface area contributed by atoms with Crippen molar-refractivity contribution in [1.29, 1.82) is 0 Å². The van der Waals surface area contributed by atoms with E-state index in [1.807, 2.05) is 0 Å². The van der Waals surface area contributed by atoms with Crippen molar-refractivity contribution in [3.8, 4) is 0 Å². The summed E-state index contributed by atoms with van der Waals surface area (Å²) in [5, 5.41) is 8.53. The number of hydrogen-bond acceptors (Lipinski definition) is 5. The van der Waals surface area contributed by atoms with Crippen LogP contribution in [0.4, 0.5) is 5.82 Å². The average Bonchev–Trinajstić information content (AvgIpc) is 2.41. The van der Waals surface area contributed by atoms with Crippen LogP contribution in [-0.4, -0.2) is 29.5 Å². The monoisotopic (exact) mass is 313 g/mol. The highest BCUT2D eigenvalue weighted by atomic mass is 35.5. The van der Waals surface area contributed by atoms with Crippen molar-refractivity contribution in [3.63, 3.8) is 0 Å². The molecule has 7 nitrogen and oxygen atoms in total. The number of anilines is 1. The van der Waals surface area contributed by atoms with Crippen LogP contribution in [0.5, 0.6) is 0 Å². The smallest absolute Gasteiger partial charge is 0.337 e. The first-order chi connectivity index (χ1) is 9.40. The molecular formula is C11H8ClN3O4S. The van der Waals surface area contributed by atoms with Crippen molar-refractivity contribution in [2.24, 2.45) is 0 Å². The molecule has 9 heteroatoms. The highest BCUT2D eigenvalue weighted by molar-refractivity contribution is 7.92. The van der Waals surface area contributed by atoms with Gasteiger partial charge in [0.2, 0.25) is 0 Å². The molecule has 0 bridgehead atoms. The van der Waals surface area contributed by atoms with Crippen LogP contribution in [0, 0.1) is 0 Å². The second kappa shape index (κ2) is 5.43. The van der Waals surface area contributed by atoms with Crippen molar-refractivity contribution in [1.82, 2.24) is 9.97 Å². The fourth-order valence-electron chi connectivity index (χ4n) is 1.31. The first kappa shape index (κ1) is 14.2. The lowest BCUT2D eigenvalue weighted by Crippen LogP contribution is -2.16. The molecule has 2 aromatic rings. The predicted octanol–water partition coefficient (Wildman–Crippen LogP) is 1.63. The van der Waals surface area contributed by atoms with Gasteiger partial charge in [0.1, 0.15) is 0 Å². The standard InChI is InChI=1S/C11H8ClN3O4S/c12-8-2-1-5-13-10(8)15-20(18,19)9-4-3-7(6-14-9)11(16)17/h1-6H,(H,13,15)(H,16,17). The van der Waals surface area contributed by atoms with Crippen LogP contribution in [0.1, 0.15) is 10.4 Å². The largest absolute Gasteiger partial charge is 0.478 e. The van der Waals surface area contributed by atoms with E-state index in [1.165, 1.54) is 12.3 Å². The van der Waals surface area contributed by atoms with Crippen molar-refractivity contribution in [3.05, 3.63) is 47.2 Å². The van der Waals surface area contributed by atoms with E-state index in [9.17, 15) is 13.2 Å². The van der Waals surface area contributed by atoms with Gasteiger partial charge in [0.15, 0.2) is 10.8 Å². The molecule has 0 aromatic carbocycles. The minimum Gasteiger partial charge on any atom is -0.478 e. The number of nitrogens with zero attached hydrogens (tertiary/aromatic N) is 2. The molecule has 0 aliphatic rings. The van der Waals surface area contributed by atoms with Crippen LogP contribution in [0.15, 0.2) is 41.7 Å². The Morgan fingerprint density at radius 3 is 2.55 bits per heavy atom. The Kier molecular flexibility index (Phi) is 3.86. The summed E-state index contributed by atoms with van der Waals surface area (Å²) in [6.45, 7) is 0. The number of aromatic carboxylic acids is 1. The van der Waals surface area contributed by atoms with E-state index in [4.69, 9.17) is 16.7 Å². The third-order valence-electron chi connectivity index (χ3n) is 2.25. The molecule has 2 N–H and O–H groups in total. The second-order valence-electron chi connectivity index (χ2n) is 3.63. The maximum Gasteiger partial charge on any atom is 0.337 e. The highest BCUT2D eigenvalue weighted by Crippen LogP contribution is 2.20. The Morgan fingerprint density at radius 1 is 1.25 bits per heavy atom. The molecule has 2 heterocycles. The van der Waals surface area contributed by atoms with E-state index < -0.39 is 16.0 Å². The first-order valence-electron chi connectivity index (χ1n) is 5.23. The van der Waals surface area contributed by atoms with Crippen molar-refractivity contribution in [2.75, 3.05) is 4.72 Å². The van der Waals surface area contributed by atoms with E-state index in [-0.39, 0.29) is 21.4 Å². The Labute approximate surface area is 119 Å². The Balaban J connectivity index is 2.31. The normalized spacial score (nSPS) is 11.1. The van der Waals surface area contributed by atoms with Crippen LogP contribution in [0.3, 0.4) is 0 Å². The fraction of sp³-hybridized carbons (Fsp3) is 0. The summed E-state index contributed by atoms with van der Waals surface area (Å²) in [5.41, 5.74) is -0.111. The zero-order valence-corrected chi connectivity index (χ0v) is 11.4. The highest BCUT2D eigenvalue weighted by Gasteiger charge is 2.18. The number of carboxylic acid groups (broad SMARTS) is 1. The summed E-state index contributed by atoms with van der Waals surface area (Å²) < 4.78 is 26.2. The lowest BCUT2D eigenvalue weighted by molar-refractivity contribution is 0.0696. The zero-order valence-electron chi connectivity index (χ0n) is 9.82. The maximum atomic E-state index is 12.0. The van der Waals surface area contributed by atoms with Gasteiger partial charge in [-0.25, -0.2) is 14.8 Å². The van der Waals surface area contributed by atoms with Gasteiger partial charge in [-0.2, -0.15) is 8.42 Å². The number of pyridine rings is 2. The van der Waals surface area contributed by atoms with Crippen molar-refractivity contribution in [2.45, 2.75) is 5.03 Å². The van der Waals surface area contributed by atoms with Crippen LogP contribution in [0.25, 0.3) is 0 Å². The maximum absolute atomic E-state index is 12.0. The lowest BCUT2D eigenvalue weighted by Gasteiger charge is -2.07. The lowest BCUT2D eigenvalue weighted by atomic mass is 10.3. The van der Waals surface area contributed by atoms with E-state index in [0.29, 0.717) is 0 Å². The van der Waals surface area contributed by atoms with Crippen LogP contribution >= 0.6 is 11.6 Å². The fourth-order valence-corrected chi connectivity index (χ4v) is 2.49. The van der Waals surface area contributed by atoms with Gasteiger partial charge in [-0.3, -0.25) is 4.72 Å². The van der Waals surface area contributed by atoms with E-state index in [0.717, 1.165) is 18.3 Å². The number of sulfonamides is 1. The predicted molar refractivity (Wildman–Crippen MR) is 71.3 cm³/mol. The number of nitrogens with one attached hydrogen (secondary N) is 1. The molecule has 0 radical (unpaired) electrons. The van der Waals surface area contributed by atoms with Crippen LogP contribution in [0.2, 0.25) is 5.02 Å². The Bertz CT molecular complexity index is 747. The summed E-state index contributed by atoms with van der Waals surface area (Å²) in [4.78, 5) is 18.1. The summed E-state index contributed by atoms with van der Waals surface area (Å²) in [5.74, 6) is -1.22.